The number of hydrogen-bond acceptors (Lipinski definition) is 4. The van der Waals surface area contributed by atoms with Gasteiger partial charge in [0.15, 0.2) is 0 Å². The molecular weight excluding hydrogens is 276 g/mol. The van der Waals surface area contributed by atoms with Crippen molar-refractivity contribution in [3.05, 3.63) is 0 Å². The number of nitrogens with one attached hydrogen (secondary N) is 1. The van der Waals surface area contributed by atoms with Crippen LogP contribution in [0.1, 0.15) is 32.6 Å². The molecule has 0 aromatic heterocycles. The molecule has 0 radical (unpaired) electrons. The van der Waals surface area contributed by atoms with E-state index in [1.54, 1.807) is 11.8 Å². The molecule has 1 saturated heterocycles. The Hall–Kier alpha value is -1.79. The van der Waals surface area contributed by atoms with E-state index in [2.05, 4.69) is 5.32 Å². The van der Waals surface area contributed by atoms with Gasteiger partial charge in [0.05, 0.1) is 17.9 Å². The normalized spacial score (nSPS) is 23.3. The van der Waals surface area contributed by atoms with Crippen molar-refractivity contribution in [1.29, 1.82) is 0 Å². The number of carbonyl (C=O) groups is 3. The fourth-order valence-electron chi connectivity index (χ4n) is 2.59. The van der Waals surface area contributed by atoms with Gasteiger partial charge in [-0.3, -0.25) is 9.59 Å². The molecule has 7 nitrogen and oxygen atoms in total. The van der Waals surface area contributed by atoms with Crippen molar-refractivity contribution in [1.82, 2.24) is 10.2 Å². The fraction of sp³-hybridized carbons (Fsp3) is 0.786. The minimum absolute atomic E-state index is 0.155. The van der Waals surface area contributed by atoms with Crippen LogP contribution in [-0.4, -0.2) is 54.2 Å². The zero-order valence-electron chi connectivity index (χ0n) is 12.3. The Kier molecular flexibility index (Phi) is 4.69. The monoisotopic (exact) mass is 298 g/mol. The summed E-state index contributed by atoms with van der Waals surface area (Å²) in [5.74, 6) is -1.40. The van der Waals surface area contributed by atoms with Gasteiger partial charge in [-0.25, -0.2) is 4.79 Å². The Bertz CT molecular complexity index is 433. The third-order valence-electron chi connectivity index (χ3n) is 4.21. The summed E-state index contributed by atoms with van der Waals surface area (Å²) in [5, 5.41) is 11.8. The number of nitrogens with zero attached hydrogens (tertiary/aromatic N) is 1. The maximum Gasteiger partial charge on any atom is 0.317 e. The van der Waals surface area contributed by atoms with Gasteiger partial charge in [0.1, 0.15) is 0 Å². The molecule has 1 aliphatic carbocycles. The molecule has 1 saturated carbocycles. The average Bonchev–Trinajstić information content (AvgIpc) is 3.26. The predicted octanol–water partition coefficient (Wildman–Crippen LogP) is 0.836. The average molecular weight is 298 g/mol. The third-order valence-corrected chi connectivity index (χ3v) is 4.21. The number of urea groups is 1. The first kappa shape index (κ1) is 15.6. The highest BCUT2D eigenvalue weighted by molar-refractivity contribution is 5.81. The zero-order chi connectivity index (χ0) is 15.5. The number of carboxylic acids is 1. The maximum atomic E-state index is 12.1. The number of hydrogen-bond donors (Lipinski definition) is 2. The number of rotatable bonds is 5. The summed E-state index contributed by atoms with van der Waals surface area (Å²) in [5.41, 5.74) is -0.772. The van der Waals surface area contributed by atoms with Crippen LogP contribution in [0.3, 0.4) is 0 Å². The molecule has 1 atom stereocenters. The van der Waals surface area contributed by atoms with Gasteiger partial charge in [0.25, 0.3) is 0 Å². The molecule has 21 heavy (non-hydrogen) atoms. The zero-order valence-corrected chi connectivity index (χ0v) is 12.3. The largest absolute Gasteiger partial charge is 0.481 e. The van der Waals surface area contributed by atoms with Crippen molar-refractivity contribution < 1.29 is 24.2 Å². The van der Waals surface area contributed by atoms with Crippen LogP contribution >= 0.6 is 0 Å². The first-order chi connectivity index (χ1) is 9.98. The lowest BCUT2D eigenvalue weighted by molar-refractivity contribution is -0.149. The van der Waals surface area contributed by atoms with Crippen LogP contribution in [0, 0.1) is 11.3 Å². The number of ether oxygens (including phenoxy) is 1. The highest BCUT2D eigenvalue weighted by atomic mass is 16.5. The molecule has 1 heterocycles. The number of carboxylic acid groups (broad SMARTS) is 1. The second-order valence-corrected chi connectivity index (χ2v) is 5.78. The smallest absolute Gasteiger partial charge is 0.317 e. The molecule has 7 heteroatoms. The van der Waals surface area contributed by atoms with Crippen LogP contribution in [0.5, 0.6) is 0 Å². The predicted molar refractivity (Wildman–Crippen MR) is 73.6 cm³/mol. The lowest BCUT2D eigenvalue weighted by atomic mass is 9.98. The third kappa shape index (κ3) is 3.65. The molecule has 2 N–H and O–H groups in total. The van der Waals surface area contributed by atoms with E-state index in [1.165, 1.54) is 0 Å². The summed E-state index contributed by atoms with van der Waals surface area (Å²) in [6.45, 7) is 3.17. The molecule has 118 valence electrons. The number of esters is 1. The van der Waals surface area contributed by atoms with Gasteiger partial charge in [-0.2, -0.15) is 0 Å². The molecule has 0 aromatic rings. The summed E-state index contributed by atoms with van der Waals surface area (Å²) in [7, 11) is 0. The molecule has 0 spiro atoms. The minimum atomic E-state index is -0.856. The molecule has 2 amide bonds. The maximum absolute atomic E-state index is 12.1. The van der Waals surface area contributed by atoms with E-state index >= 15 is 0 Å². The number of piperidine rings is 1. The molecule has 0 bridgehead atoms. The van der Waals surface area contributed by atoms with E-state index in [-0.39, 0.29) is 24.5 Å². The molecule has 2 fully saturated rings. The Morgan fingerprint density at radius 2 is 2.10 bits per heavy atom. The molecule has 2 aliphatic rings. The summed E-state index contributed by atoms with van der Waals surface area (Å²) < 4.78 is 4.99. The fourth-order valence-corrected chi connectivity index (χ4v) is 2.59. The molecule has 2 rings (SSSR count). The minimum Gasteiger partial charge on any atom is -0.481 e. The van der Waals surface area contributed by atoms with Crippen LogP contribution in [0.15, 0.2) is 0 Å². The van der Waals surface area contributed by atoms with Gasteiger partial charge in [-0.1, -0.05) is 0 Å². The molecule has 1 aliphatic heterocycles. The van der Waals surface area contributed by atoms with Crippen LogP contribution in [0.25, 0.3) is 0 Å². The number of likely N-dealkylation sites (tertiary alicyclic amines) is 1. The Morgan fingerprint density at radius 1 is 1.38 bits per heavy atom. The van der Waals surface area contributed by atoms with Gasteiger partial charge in [0.2, 0.25) is 0 Å². The van der Waals surface area contributed by atoms with E-state index in [1.807, 2.05) is 0 Å². The Morgan fingerprint density at radius 3 is 2.67 bits per heavy atom. The van der Waals surface area contributed by atoms with Crippen LogP contribution in [-0.2, 0) is 14.3 Å². The molecule has 0 aromatic carbocycles. The van der Waals surface area contributed by atoms with E-state index in [9.17, 15) is 14.4 Å². The SMILES string of the molecule is CCOC(=O)C1CCCN(C(=O)NCC2(C(=O)O)CC2)C1. The molecular formula is C14H22N2O5. The van der Waals surface area contributed by atoms with Crippen molar-refractivity contribution >= 4 is 18.0 Å². The van der Waals surface area contributed by atoms with Gasteiger partial charge < -0.3 is 20.1 Å². The number of aliphatic carboxylic acids is 1. The Balaban J connectivity index is 1.82. The van der Waals surface area contributed by atoms with Gasteiger partial charge in [-0.15, -0.1) is 0 Å². The van der Waals surface area contributed by atoms with Gasteiger partial charge in [0, 0.05) is 19.6 Å². The van der Waals surface area contributed by atoms with Crippen molar-refractivity contribution in [3.8, 4) is 0 Å². The number of amides is 2. The lowest BCUT2D eigenvalue weighted by Gasteiger charge is -2.31. The highest BCUT2D eigenvalue weighted by Gasteiger charge is 2.50. The Labute approximate surface area is 123 Å². The van der Waals surface area contributed by atoms with Crippen molar-refractivity contribution in [2.24, 2.45) is 11.3 Å². The van der Waals surface area contributed by atoms with Gasteiger partial charge >= 0.3 is 18.0 Å². The second kappa shape index (κ2) is 6.32. The van der Waals surface area contributed by atoms with Crippen molar-refractivity contribution in [2.45, 2.75) is 32.6 Å². The topological polar surface area (TPSA) is 95.9 Å². The second-order valence-electron chi connectivity index (χ2n) is 5.78. The van der Waals surface area contributed by atoms with Crippen molar-refractivity contribution in [3.63, 3.8) is 0 Å². The van der Waals surface area contributed by atoms with Crippen LogP contribution in [0.4, 0.5) is 4.79 Å². The van der Waals surface area contributed by atoms with E-state index < -0.39 is 11.4 Å². The summed E-state index contributed by atoms with van der Waals surface area (Å²) in [4.78, 5) is 36.4. The number of carbonyl (C=O) groups excluding carboxylic acids is 2. The van der Waals surface area contributed by atoms with E-state index in [0.29, 0.717) is 32.5 Å². The van der Waals surface area contributed by atoms with Crippen LogP contribution in [0.2, 0.25) is 0 Å². The van der Waals surface area contributed by atoms with Crippen LogP contribution < -0.4 is 5.32 Å². The van der Waals surface area contributed by atoms with E-state index in [0.717, 1.165) is 12.8 Å². The lowest BCUT2D eigenvalue weighted by Crippen LogP contribution is -2.49. The quantitative estimate of drug-likeness (QED) is 0.733. The standard InChI is InChI=1S/C14H22N2O5/c1-2-21-11(17)10-4-3-7-16(8-10)13(20)15-9-14(5-6-14)12(18)19/h10H,2-9H2,1H3,(H,15,20)(H,18,19). The highest BCUT2D eigenvalue weighted by Crippen LogP contribution is 2.45. The summed E-state index contributed by atoms with van der Waals surface area (Å²) in [6, 6.07) is -0.295. The first-order valence-electron chi connectivity index (χ1n) is 7.41. The van der Waals surface area contributed by atoms with E-state index in [4.69, 9.17) is 9.84 Å². The van der Waals surface area contributed by atoms with Gasteiger partial charge in [-0.05, 0) is 32.6 Å². The first-order valence-corrected chi connectivity index (χ1v) is 7.41. The van der Waals surface area contributed by atoms with Crippen molar-refractivity contribution in [2.75, 3.05) is 26.2 Å². The summed E-state index contributed by atoms with van der Waals surface area (Å²) >= 11 is 0. The molecule has 1 unspecified atom stereocenters. The summed E-state index contributed by atoms with van der Waals surface area (Å²) in [6.07, 6.45) is 2.69.